The van der Waals surface area contributed by atoms with Crippen molar-refractivity contribution in [2.24, 2.45) is 5.73 Å². The molecule has 1 aliphatic heterocycles. The predicted molar refractivity (Wildman–Crippen MR) is 55.4 cm³/mol. The van der Waals surface area contributed by atoms with E-state index in [1.54, 1.807) is 0 Å². The Labute approximate surface area is 88.7 Å². The van der Waals surface area contributed by atoms with Crippen molar-refractivity contribution in [1.82, 2.24) is 0 Å². The largest absolute Gasteiger partial charge is 0.493 e. The fourth-order valence-electron chi connectivity index (χ4n) is 1.67. The third-order valence-electron chi connectivity index (χ3n) is 2.34. The fraction of sp³-hybridized carbons (Fsp3) is 0.400. The lowest BCUT2D eigenvalue weighted by molar-refractivity contribution is 0.266. The molecule has 2 rings (SSSR count). The summed E-state index contributed by atoms with van der Waals surface area (Å²) in [6.07, 6.45) is 0.760. The number of nitrogens with two attached hydrogens (primary N) is 1. The highest BCUT2D eigenvalue weighted by Gasteiger charge is 2.20. The minimum Gasteiger partial charge on any atom is -0.493 e. The Kier molecular flexibility index (Phi) is 3.34. The average Bonchev–Trinajstić information content (AvgIpc) is 2.07. The van der Waals surface area contributed by atoms with Crippen LogP contribution in [0.25, 0.3) is 0 Å². The van der Waals surface area contributed by atoms with Crippen molar-refractivity contribution < 1.29 is 9.13 Å². The number of hydrogen-bond donors (Lipinski definition) is 1. The highest BCUT2D eigenvalue weighted by atomic mass is 35.5. The third kappa shape index (κ3) is 1.83. The molecule has 4 heteroatoms. The molecule has 0 radical (unpaired) electrons. The highest BCUT2D eigenvalue weighted by Crippen LogP contribution is 2.33. The summed E-state index contributed by atoms with van der Waals surface area (Å²) in [6.45, 7) is 2.46. The molecule has 1 aromatic carbocycles. The van der Waals surface area contributed by atoms with E-state index < -0.39 is 0 Å². The van der Waals surface area contributed by atoms with E-state index in [0.717, 1.165) is 23.3 Å². The van der Waals surface area contributed by atoms with E-state index >= 15 is 0 Å². The molecule has 0 aromatic heterocycles. The SMILES string of the molecule is Cc1cc(F)cc2c1OCC[C@H]2N.Cl. The van der Waals surface area contributed by atoms with Crippen LogP contribution >= 0.6 is 12.4 Å². The van der Waals surface area contributed by atoms with Gasteiger partial charge in [-0.3, -0.25) is 0 Å². The summed E-state index contributed by atoms with van der Waals surface area (Å²) in [4.78, 5) is 0. The zero-order chi connectivity index (χ0) is 9.42. The van der Waals surface area contributed by atoms with Crippen LogP contribution in [0.4, 0.5) is 4.39 Å². The average molecular weight is 218 g/mol. The van der Waals surface area contributed by atoms with Crippen LogP contribution in [0.2, 0.25) is 0 Å². The van der Waals surface area contributed by atoms with Crippen molar-refractivity contribution in [3.63, 3.8) is 0 Å². The summed E-state index contributed by atoms with van der Waals surface area (Å²) in [5.74, 6) is 0.525. The molecule has 2 nitrogen and oxygen atoms in total. The molecule has 0 bridgehead atoms. The number of halogens is 2. The van der Waals surface area contributed by atoms with Gasteiger partial charge in [-0.25, -0.2) is 4.39 Å². The lowest BCUT2D eigenvalue weighted by Gasteiger charge is -2.24. The lowest BCUT2D eigenvalue weighted by Crippen LogP contribution is -2.21. The minimum absolute atomic E-state index is 0. The Morgan fingerprint density at radius 3 is 2.93 bits per heavy atom. The van der Waals surface area contributed by atoms with Crippen LogP contribution in [0.15, 0.2) is 12.1 Å². The number of hydrogen-bond acceptors (Lipinski definition) is 2. The zero-order valence-corrected chi connectivity index (χ0v) is 8.73. The van der Waals surface area contributed by atoms with Gasteiger partial charge in [-0.15, -0.1) is 12.4 Å². The van der Waals surface area contributed by atoms with Crippen molar-refractivity contribution in [3.05, 3.63) is 29.1 Å². The summed E-state index contributed by atoms with van der Waals surface area (Å²) in [7, 11) is 0. The molecule has 0 fully saturated rings. The van der Waals surface area contributed by atoms with E-state index in [1.165, 1.54) is 12.1 Å². The predicted octanol–water partition coefficient (Wildman–Crippen LogP) is 2.34. The number of ether oxygens (including phenoxy) is 1. The Hall–Kier alpha value is -0.800. The lowest BCUT2D eigenvalue weighted by atomic mass is 9.99. The second kappa shape index (κ2) is 4.15. The molecule has 0 saturated carbocycles. The van der Waals surface area contributed by atoms with Crippen molar-refractivity contribution in [2.45, 2.75) is 19.4 Å². The van der Waals surface area contributed by atoms with Crippen LogP contribution in [0.3, 0.4) is 0 Å². The van der Waals surface area contributed by atoms with Crippen LogP contribution in [0.1, 0.15) is 23.6 Å². The number of fused-ring (bicyclic) bond motifs is 1. The first-order chi connectivity index (χ1) is 6.18. The molecular formula is C10H13ClFNO. The van der Waals surface area contributed by atoms with E-state index in [0.29, 0.717) is 6.61 Å². The topological polar surface area (TPSA) is 35.2 Å². The second-order valence-electron chi connectivity index (χ2n) is 3.38. The first-order valence-corrected chi connectivity index (χ1v) is 4.37. The maximum absolute atomic E-state index is 13.0. The summed E-state index contributed by atoms with van der Waals surface area (Å²) in [5.41, 5.74) is 7.46. The van der Waals surface area contributed by atoms with Gasteiger partial charge in [0.05, 0.1) is 6.61 Å². The monoisotopic (exact) mass is 217 g/mol. The molecule has 78 valence electrons. The van der Waals surface area contributed by atoms with Crippen LogP contribution in [0.5, 0.6) is 5.75 Å². The van der Waals surface area contributed by atoms with Gasteiger partial charge in [0.25, 0.3) is 0 Å². The van der Waals surface area contributed by atoms with Gasteiger partial charge in [0.1, 0.15) is 11.6 Å². The van der Waals surface area contributed by atoms with Gasteiger partial charge in [0.2, 0.25) is 0 Å². The fourth-order valence-corrected chi connectivity index (χ4v) is 1.67. The first kappa shape index (κ1) is 11.3. The van der Waals surface area contributed by atoms with E-state index in [1.807, 2.05) is 6.92 Å². The van der Waals surface area contributed by atoms with Crippen molar-refractivity contribution in [3.8, 4) is 5.75 Å². The van der Waals surface area contributed by atoms with E-state index in [-0.39, 0.29) is 24.3 Å². The van der Waals surface area contributed by atoms with Gasteiger partial charge in [-0.1, -0.05) is 0 Å². The Morgan fingerprint density at radius 2 is 2.21 bits per heavy atom. The number of aryl methyl sites for hydroxylation is 1. The molecule has 1 atom stereocenters. The molecule has 0 aliphatic carbocycles. The normalized spacial score (nSPS) is 19.2. The molecule has 1 aliphatic rings. The molecule has 0 amide bonds. The Bertz CT molecular complexity index is 343. The zero-order valence-electron chi connectivity index (χ0n) is 7.92. The number of rotatable bonds is 0. The Balaban J connectivity index is 0.000000980. The second-order valence-corrected chi connectivity index (χ2v) is 3.38. The molecule has 1 heterocycles. The van der Waals surface area contributed by atoms with Gasteiger partial charge in [-0.05, 0) is 24.6 Å². The van der Waals surface area contributed by atoms with Crippen LogP contribution < -0.4 is 10.5 Å². The van der Waals surface area contributed by atoms with Crippen molar-refractivity contribution >= 4 is 12.4 Å². The van der Waals surface area contributed by atoms with Crippen LogP contribution in [0, 0.1) is 12.7 Å². The summed E-state index contributed by atoms with van der Waals surface area (Å²) in [6, 6.07) is 2.85. The van der Waals surface area contributed by atoms with Gasteiger partial charge in [0, 0.05) is 18.0 Å². The van der Waals surface area contributed by atoms with Gasteiger partial charge >= 0.3 is 0 Å². The maximum atomic E-state index is 13.0. The molecular weight excluding hydrogens is 205 g/mol. The molecule has 14 heavy (non-hydrogen) atoms. The molecule has 1 aromatic rings. The molecule has 0 spiro atoms. The summed E-state index contributed by atoms with van der Waals surface area (Å²) < 4.78 is 18.5. The van der Waals surface area contributed by atoms with Gasteiger partial charge in [-0.2, -0.15) is 0 Å². The summed E-state index contributed by atoms with van der Waals surface area (Å²) in [5, 5.41) is 0. The molecule has 0 unspecified atom stereocenters. The third-order valence-corrected chi connectivity index (χ3v) is 2.34. The van der Waals surface area contributed by atoms with Crippen molar-refractivity contribution in [2.75, 3.05) is 6.61 Å². The van der Waals surface area contributed by atoms with Crippen LogP contribution in [-0.2, 0) is 0 Å². The minimum atomic E-state index is -0.239. The van der Waals surface area contributed by atoms with Crippen molar-refractivity contribution in [1.29, 1.82) is 0 Å². The highest BCUT2D eigenvalue weighted by molar-refractivity contribution is 5.85. The van der Waals surface area contributed by atoms with E-state index in [4.69, 9.17) is 10.5 Å². The molecule has 0 saturated heterocycles. The van der Waals surface area contributed by atoms with Gasteiger partial charge in [0.15, 0.2) is 0 Å². The van der Waals surface area contributed by atoms with Gasteiger partial charge < -0.3 is 10.5 Å². The standard InChI is InChI=1S/C10H12FNO.ClH/c1-6-4-7(11)5-8-9(12)2-3-13-10(6)8;/h4-5,9H,2-3,12H2,1H3;1H/t9-;/m1./s1. The first-order valence-electron chi connectivity index (χ1n) is 4.37. The Morgan fingerprint density at radius 1 is 1.50 bits per heavy atom. The quantitative estimate of drug-likeness (QED) is 0.724. The number of benzene rings is 1. The smallest absolute Gasteiger partial charge is 0.127 e. The van der Waals surface area contributed by atoms with E-state index in [9.17, 15) is 4.39 Å². The van der Waals surface area contributed by atoms with E-state index in [2.05, 4.69) is 0 Å². The van der Waals surface area contributed by atoms with Crippen LogP contribution in [-0.4, -0.2) is 6.61 Å². The summed E-state index contributed by atoms with van der Waals surface area (Å²) >= 11 is 0. The maximum Gasteiger partial charge on any atom is 0.127 e. The molecule has 2 N–H and O–H groups in total.